The zero-order valence-corrected chi connectivity index (χ0v) is 13.1. The number of ether oxygens (including phenoxy) is 1. The number of nitriles is 1. The molecule has 1 saturated heterocycles. The van der Waals surface area contributed by atoms with E-state index in [0.29, 0.717) is 30.1 Å². The second-order valence-electron chi connectivity index (χ2n) is 5.42. The average Bonchev–Trinajstić information content (AvgIpc) is 2.47. The van der Waals surface area contributed by atoms with Crippen molar-refractivity contribution in [1.29, 1.82) is 5.26 Å². The van der Waals surface area contributed by atoms with Crippen LogP contribution in [0.1, 0.15) is 24.5 Å². The fourth-order valence-electron chi connectivity index (χ4n) is 2.61. The standard InChI is InChI=1S/C15H20N2O3S/c1-12-7-8-17(10-15(12)20-2)21(18,19)11-14-6-4-3-5-13(14)9-16/h3-6,12,15H,7-8,10-11H2,1-2H3. The van der Waals surface area contributed by atoms with Crippen molar-refractivity contribution in [1.82, 2.24) is 4.31 Å². The Labute approximate surface area is 126 Å². The molecule has 6 heteroatoms. The molecule has 1 aromatic rings. The molecular weight excluding hydrogens is 288 g/mol. The number of hydrogen-bond donors (Lipinski definition) is 0. The molecule has 114 valence electrons. The second kappa shape index (κ2) is 6.56. The topological polar surface area (TPSA) is 70.4 Å². The lowest BCUT2D eigenvalue weighted by molar-refractivity contribution is 0.0183. The predicted octanol–water partition coefficient (Wildman–Crippen LogP) is 1.74. The molecule has 0 aromatic heterocycles. The first kappa shape index (κ1) is 16.0. The lowest BCUT2D eigenvalue weighted by atomic mass is 9.97. The molecule has 0 bridgehead atoms. The lowest BCUT2D eigenvalue weighted by Crippen LogP contribution is -2.46. The van der Waals surface area contributed by atoms with Crippen molar-refractivity contribution < 1.29 is 13.2 Å². The third-order valence-corrected chi connectivity index (χ3v) is 5.82. The first-order valence-corrected chi connectivity index (χ1v) is 8.57. The van der Waals surface area contributed by atoms with Crippen molar-refractivity contribution in [3.63, 3.8) is 0 Å². The Bertz CT molecular complexity index is 637. The van der Waals surface area contributed by atoms with Crippen LogP contribution in [0.3, 0.4) is 0 Å². The minimum atomic E-state index is -3.43. The maximum Gasteiger partial charge on any atom is 0.218 e. The highest BCUT2D eigenvalue weighted by Crippen LogP contribution is 2.24. The number of nitrogens with zero attached hydrogens (tertiary/aromatic N) is 2. The molecule has 21 heavy (non-hydrogen) atoms. The number of piperidine rings is 1. The van der Waals surface area contributed by atoms with E-state index in [2.05, 4.69) is 6.92 Å². The Balaban J connectivity index is 2.17. The Morgan fingerprint density at radius 3 is 2.81 bits per heavy atom. The van der Waals surface area contributed by atoms with Gasteiger partial charge in [0, 0.05) is 20.2 Å². The molecule has 5 nitrogen and oxygen atoms in total. The smallest absolute Gasteiger partial charge is 0.218 e. The van der Waals surface area contributed by atoms with Gasteiger partial charge in [0.15, 0.2) is 0 Å². The Morgan fingerprint density at radius 1 is 1.43 bits per heavy atom. The predicted molar refractivity (Wildman–Crippen MR) is 79.9 cm³/mol. The van der Waals surface area contributed by atoms with Crippen LogP contribution in [-0.4, -0.2) is 39.0 Å². The number of hydrogen-bond acceptors (Lipinski definition) is 4. The van der Waals surface area contributed by atoms with Crippen molar-refractivity contribution in [2.24, 2.45) is 5.92 Å². The Kier molecular flexibility index (Phi) is 4.99. The van der Waals surface area contributed by atoms with Gasteiger partial charge in [0.05, 0.1) is 23.5 Å². The van der Waals surface area contributed by atoms with Gasteiger partial charge < -0.3 is 4.74 Å². The molecule has 1 aliphatic rings. The highest BCUT2D eigenvalue weighted by atomic mass is 32.2. The molecule has 0 saturated carbocycles. The zero-order valence-electron chi connectivity index (χ0n) is 12.3. The van der Waals surface area contributed by atoms with E-state index in [4.69, 9.17) is 10.00 Å². The van der Waals surface area contributed by atoms with E-state index < -0.39 is 10.0 Å². The van der Waals surface area contributed by atoms with Crippen LogP contribution in [0.25, 0.3) is 0 Å². The molecule has 1 heterocycles. The van der Waals surface area contributed by atoms with Gasteiger partial charge in [-0.05, 0) is 24.0 Å². The van der Waals surface area contributed by atoms with Gasteiger partial charge >= 0.3 is 0 Å². The number of sulfonamides is 1. The second-order valence-corrected chi connectivity index (χ2v) is 7.39. The van der Waals surface area contributed by atoms with Crippen molar-refractivity contribution in [3.8, 4) is 6.07 Å². The summed E-state index contributed by atoms with van der Waals surface area (Å²) in [5.41, 5.74) is 0.960. The molecule has 0 aliphatic carbocycles. The molecule has 0 N–H and O–H groups in total. The first-order chi connectivity index (χ1) is 9.97. The van der Waals surface area contributed by atoms with Crippen LogP contribution in [-0.2, 0) is 20.5 Å². The Morgan fingerprint density at radius 2 is 2.14 bits per heavy atom. The van der Waals surface area contributed by atoms with Gasteiger partial charge in [-0.3, -0.25) is 0 Å². The van der Waals surface area contributed by atoms with Crippen LogP contribution in [0, 0.1) is 17.2 Å². The third-order valence-electron chi connectivity index (χ3n) is 4.02. The quantitative estimate of drug-likeness (QED) is 0.849. The molecule has 1 aliphatic heterocycles. The van der Waals surface area contributed by atoms with Gasteiger partial charge in [0.25, 0.3) is 0 Å². The van der Waals surface area contributed by atoms with Crippen LogP contribution in [0.2, 0.25) is 0 Å². The van der Waals surface area contributed by atoms with E-state index in [0.717, 1.165) is 6.42 Å². The van der Waals surface area contributed by atoms with E-state index >= 15 is 0 Å². The third kappa shape index (κ3) is 3.62. The van der Waals surface area contributed by atoms with E-state index in [1.54, 1.807) is 31.4 Å². The monoisotopic (exact) mass is 308 g/mol. The highest BCUT2D eigenvalue weighted by Gasteiger charge is 2.33. The van der Waals surface area contributed by atoms with Crippen molar-refractivity contribution >= 4 is 10.0 Å². The van der Waals surface area contributed by atoms with Crippen LogP contribution >= 0.6 is 0 Å². The molecule has 2 atom stereocenters. The maximum atomic E-state index is 12.6. The fraction of sp³-hybridized carbons (Fsp3) is 0.533. The summed E-state index contributed by atoms with van der Waals surface area (Å²) < 4.78 is 32.0. The number of benzene rings is 1. The molecule has 0 radical (unpaired) electrons. The first-order valence-electron chi connectivity index (χ1n) is 6.96. The summed E-state index contributed by atoms with van der Waals surface area (Å²) in [5, 5.41) is 9.06. The van der Waals surface area contributed by atoms with Crippen molar-refractivity contribution in [2.45, 2.75) is 25.2 Å². The minimum Gasteiger partial charge on any atom is -0.380 e. The van der Waals surface area contributed by atoms with Gasteiger partial charge in [0.1, 0.15) is 0 Å². The summed E-state index contributed by atoms with van der Waals surface area (Å²) in [7, 11) is -1.82. The molecule has 2 unspecified atom stereocenters. The maximum absolute atomic E-state index is 12.6. The number of methoxy groups -OCH3 is 1. The molecule has 2 rings (SSSR count). The average molecular weight is 308 g/mol. The molecule has 1 aromatic carbocycles. The highest BCUT2D eigenvalue weighted by molar-refractivity contribution is 7.88. The van der Waals surface area contributed by atoms with Gasteiger partial charge in [0.2, 0.25) is 10.0 Å². The molecule has 0 amide bonds. The van der Waals surface area contributed by atoms with Crippen LogP contribution in [0.4, 0.5) is 0 Å². The van der Waals surface area contributed by atoms with E-state index in [1.165, 1.54) is 4.31 Å². The molecular formula is C15H20N2O3S. The fourth-order valence-corrected chi connectivity index (χ4v) is 4.19. The summed E-state index contributed by atoms with van der Waals surface area (Å²) in [6.45, 7) is 2.97. The van der Waals surface area contributed by atoms with Crippen molar-refractivity contribution in [2.75, 3.05) is 20.2 Å². The number of rotatable bonds is 4. The van der Waals surface area contributed by atoms with Crippen LogP contribution in [0.5, 0.6) is 0 Å². The van der Waals surface area contributed by atoms with Gasteiger partial charge in [-0.15, -0.1) is 0 Å². The molecule has 0 spiro atoms. The van der Waals surface area contributed by atoms with Crippen LogP contribution in [0.15, 0.2) is 24.3 Å². The van der Waals surface area contributed by atoms with Gasteiger partial charge in [-0.2, -0.15) is 9.57 Å². The van der Waals surface area contributed by atoms with E-state index in [1.807, 2.05) is 6.07 Å². The summed E-state index contributed by atoms with van der Waals surface area (Å²) in [6.07, 6.45) is 0.720. The van der Waals surface area contributed by atoms with Crippen molar-refractivity contribution in [3.05, 3.63) is 35.4 Å². The van der Waals surface area contributed by atoms with Gasteiger partial charge in [-0.1, -0.05) is 25.1 Å². The van der Waals surface area contributed by atoms with Crippen LogP contribution < -0.4 is 0 Å². The Hall–Kier alpha value is -1.42. The summed E-state index contributed by atoms with van der Waals surface area (Å²) in [6, 6.07) is 8.86. The van der Waals surface area contributed by atoms with E-state index in [-0.39, 0.29) is 11.9 Å². The van der Waals surface area contributed by atoms with Gasteiger partial charge in [-0.25, -0.2) is 8.42 Å². The van der Waals surface area contributed by atoms with E-state index in [9.17, 15) is 8.42 Å². The zero-order chi connectivity index (χ0) is 15.5. The minimum absolute atomic E-state index is 0.0697. The molecule has 1 fully saturated rings. The summed E-state index contributed by atoms with van der Waals surface area (Å²) in [4.78, 5) is 0. The normalized spacial score (nSPS) is 23.7. The summed E-state index contributed by atoms with van der Waals surface area (Å²) in [5.74, 6) is 0.217. The SMILES string of the molecule is COC1CN(S(=O)(=O)Cc2ccccc2C#N)CCC1C. The lowest BCUT2D eigenvalue weighted by Gasteiger charge is -2.35. The summed E-state index contributed by atoms with van der Waals surface area (Å²) >= 11 is 0. The largest absolute Gasteiger partial charge is 0.380 e.